The maximum Gasteiger partial charge on any atom is 0.343 e. The highest BCUT2D eigenvalue weighted by molar-refractivity contribution is 6.00. The van der Waals surface area contributed by atoms with Gasteiger partial charge in [-0.05, 0) is 13.8 Å². The van der Waals surface area contributed by atoms with E-state index in [2.05, 4.69) is 50.8 Å². The second-order valence-corrected chi connectivity index (χ2v) is 9.33. The Labute approximate surface area is 252 Å². The lowest BCUT2D eigenvalue weighted by Gasteiger charge is -2.07. The van der Waals surface area contributed by atoms with Gasteiger partial charge in [0.2, 0.25) is 0 Å². The van der Waals surface area contributed by atoms with Gasteiger partial charge in [0.25, 0.3) is 0 Å². The van der Waals surface area contributed by atoms with Gasteiger partial charge in [0.15, 0.2) is 52.1 Å². The number of anilines is 2. The van der Waals surface area contributed by atoms with Crippen molar-refractivity contribution in [3.8, 4) is 17.6 Å². The van der Waals surface area contributed by atoms with Crippen molar-refractivity contribution in [2.45, 2.75) is 13.8 Å². The van der Waals surface area contributed by atoms with Crippen LogP contribution in [0.1, 0.15) is 32.1 Å². The van der Waals surface area contributed by atoms with E-state index in [-0.39, 0.29) is 57.4 Å². The molecule has 0 saturated carbocycles. The Kier molecular flexibility index (Phi) is 7.83. The van der Waals surface area contributed by atoms with E-state index in [1.807, 2.05) is 0 Å². The zero-order valence-corrected chi connectivity index (χ0v) is 24.5. The van der Waals surface area contributed by atoms with E-state index in [4.69, 9.17) is 16.2 Å². The van der Waals surface area contributed by atoms with E-state index in [0.717, 1.165) is 0 Å². The summed E-state index contributed by atoms with van der Waals surface area (Å²) in [6.07, 6.45) is 2.57. The van der Waals surface area contributed by atoms with Crippen molar-refractivity contribution in [3.05, 3.63) is 41.0 Å². The lowest BCUT2D eigenvalue weighted by atomic mass is 10.2. The van der Waals surface area contributed by atoms with Gasteiger partial charge in [-0.2, -0.15) is 39.7 Å². The number of aromatic nitrogens is 10. The van der Waals surface area contributed by atoms with Crippen LogP contribution in [0.5, 0.6) is 6.01 Å². The summed E-state index contributed by atoms with van der Waals surface area (Å²) >= 11 is 0. The number of nitrogens with two attached hydrogens (primary N) is 2. The van der Waals surface area contributed by atoms with Crippen molar-refractivity contribution in [2.24, 2.45) is 34.6 Å². The molecular weight excluding hydrogens is 592 g/mol. The molecular formula is C24H26N16O5. The van der Waals surface area contributed by atoms with Crippen LogP contribution in [0.2, 0.25) is 0 Å². The minimum atomic E-state index is -0.724. The summed E-state index contributed by atoms with van der Waals surface area (Å²) in [4.78, 5) is 32.1. The zero-order chi connectivity index (χ0) is 32.6. The number of azo groups is 2. The molecule has 5 heterocycles. The van der Waals surface area contributed by atoms with Gasteiger partial charge >= 0.3 is 12.0 Å². The monoisotopic (exact) mass is 618 g/mol. The molecule has 5 aromatic rings. The fourth-order valence-corrected chi connectivity index (χ4v) is 4.13. The van der Waals surface area contributed by atoms with Gasteiger partial charge in [-0.1, -0.05) is 0 Å². The van der Waals surface area contributed by atoms with Gasteiger partial charge in [0.05, 0.1) is 36.5 Å². The Morgan fingerprint density at radius 1 is 0.844 bits per heavy atom. The van der Waals surface area contributed by atoms with Crippen molar-refractivity contribution in [1.82, 2.24) is 49.1 Å². The molecule has 0 bridgehead atoms. The molecule has 21 nitrogen and oxygen atoms in total. The molecule has 0 unspecified atom stereocenters. The number of ketones is 1. The number of methoxy groups -OCH3 is 1. The smallest absolute Gasteiger partial charge is 0.343 e. The molecule has 5 rings (SSSR count). The maximum atomic E-state index is 12.1. The molecule has 0 aliphatic carbocycles. The minimum absolute atomic E-state index is 0.00519. The summed E-state index contributed by atoms with van der Waals surface area (Å²) in [7, 11) is 4.37. The Balaban J connectivity index is 1.50. The molecule has 232 valence electrons. The summed E-state index contributed by atoms with van der Waals surface area (Å²) in [5.74, 6) is -0.922. The highest BCUT2D eigenvalue weighted by Crippen LogP contribution is 2.34. The molecule has 6 N–H and O–H groups in total. The zero-order valence-electron chi connectivity index (χ0n) is 24.5. The van der Waals surface area contributed by atoms with Crippen molar-refractivity contribution in [3.63, 3.8) is 0 Å². The second kappa shape index (κ2) is 11.7. The highest BCUT2D eigenvalue weighted by atomic mass is 16.5. The van der Waals surface area contributed by atoms with Gasteiger partial charge in [0.1, 0.15) is 12.2 Å². The first-order valence-corrected chi connectivity index (χ1v) is 12.8. The van der Waals surface area contributed by atoms with Crippen LogP contribution in [0.15, 0.2) is 38.9 Å². The SMILES string of the molecule is COC(=O)c1cnn(C)c1/N=N/c1c(C)nn(-c2cc(-n3nc(C)c(/N=N/c4c(C(=O)CO)cnn4C)c3N)nc(O)n2)c1N. The fourth-order valence-electron chi connectivity index (χ4n) is 4.13. The van der Waals surface area contributed by atoms with E-state index < -0.39 is 24.4 Å². The molecule has 5 aromatic heterocycles. The Bertz CT molecular complexity index is 1870. The first-order chi connectivity index (χ1) is 21.4. The van der Waals surface area contributed by atoms with Crippen molar-refractivity contribution >= 4 is 46.4 Å². The van der Waals surface area contributed by atoms with E-state index in [0.29, 0.717) is 11.4 Å². The van der Waals surface area contributed by atoms with Crippen LogP contribution in [0.3, 0.4) is 0 Å². The third kappa shape index (κ3) is 5.45. The van der Waals surface area contributed by atoms with E-state index >= 15 is 0 Å². The molecule has 0 atom stereocenters. The molecule has 0 fully saturated rings. The number of ether oxygens (including phenoxy) is 1. The predicted molar refractivity (Wildman–Crippen MR) is 154 cm³/mol. The second-order valence-electron chi connectivity index (χ2n) is 9.33. The summed E-state index contributed by atoms with van der Waals surface area (Å²) in [6, 6.07) is 0.761. The molecule has 0 aliphatic heterocycles. The lowest BCUT2D eigenvalue weighted by molar-refractivity contribution is 0.0601. The number of nitrogen functional groups attached to an aromatic ring is 2. The third-order valence-electron chi connectivity index (χ3n) is 6.40. The number of rotatable bonds is 9. The minimum Gasteiger partial charge on any atom is -0.479 e. The number of Topliss-reactive ketones (excluding diaryl/α,β-unsaturated/α-hetero) is 1. The number of hydrogen-bond donors (Lipinski definition) is 4. The average Bonchev–Trinajstić information content (AvgIpc) is 3.73. The van der Waals surface area contributed by atoms with Crippen LogP contribution in [-0.2, 0) is 18.8 Å². The van der Waals surface area contributed by atoms with Crippen LogP contribution < -0.4 is 11.5 Å². The number of carbonyl (C=O) groups excluding carboxylic acids is 2. The Morgan fingerprint density at radius 2 is 1.31 bits per heavy atom. The number of aromatic hydroxyl groups is 1. The molecule has 0 saturated heterocycles. The summed E-state index contributed by atoms with van der Waals surface area (Å²) in [5, 5.41) is 52.9. The number of aliphatic hydroxyl groups is 1. The number of aliphatic hydroxyl groups excluding tert-OH is 1. The first kappa shape index (κ1) is 30.1. The fraction of sp³-hybridized carbons (Fsp3) is 0.250. The average molecular weight is 619 g/mol. The first-order valence-electron chi connectivity index (χ1n) is 12.8. The molecule has 21 heteroatoms. The third-order valence-corrected chi connectivity index (χ3v) is 6.40. The van der Waals surface area contributed by atoms with E-state index in [9.17, 15) is 19.8 Å². The standard InChI is InChI=1S/C24H26N16O5/c1-10-17(31-33-21-12(14(42)9-41)7-27-37(21)3)19(25)39(35-10)15-6-16(30-24(44)29-15)40-20(26)18(11(2)36-40)32-34-22-13(23(43)45-5)8-28-38(22)4/h6-8,41H,9,25-26H2,1-5H3,(H,29,30,44)/b33-31+,34-32+. The summed E-state index contributed by atoms with van der Waals surface area (Å²) in [6.45, 7) is 2.52. The lowest BCUT2D eigenvalue weighted by Crippen LogP contribution is -2.09. The molecule has 0 amide bonds. The van der Waals surface area contributed by atoms with Gasteiger partial charge in [0, 0.05) is 20.2 Å². The van der Waals surface area contributed by atoms with Crippen molar-refractivity contribution in [2.75, 3.05) is 25.2 Å². The number of esters is 1. The number of hydrogen-bond acceptors (Lipinski definition) is 17. The molecule has 0 spiro atoms. The summed E-state index contributed by atoms with van der Waals surface area (Å²) < 4.78 is 9.81. The Morgan fingerprint density at radius 3 is 1.78 bits per heavy atom. The van der Waals surface area contributed by atoms with Gasteiger partial charge in [-0.25, -0.2) is 14.2 Å². The quantitative estimate of drug-likeness (QED) is 0.104. The van der Waals surface area contributed by atoms with Gasteiger partial charge in [-0.15, -0.1) is 20.5 Å². The largest absolute Gasteiger partial charge is 0.479 e. The molecule has 0 aliphatic rings. The van der Waals surface area contributed by atoms with Crippen LogP contribution in [0.4, 0.5) is 34.6 Å². The van der Waals surface area contributed by atoms with Gasteiger partial charge < -0.3 is 26.4 Å². The van der Waals surface area contributed by atoms with Crippen molar-refractivity contribution < 1.29 is 24.5 Å². The highest BCUT2D eigenvalue weighted by Gasteiger charge is 2.22. The van der Waals surface area contributed by atoms with Crippen molar-refractivity contribution in [1.29, 1.82) is 0 Å². The molecule has 0 radical (unpaired) electrons. The molecule has 45 heavy (non-hydrogen) atoms. The van der Waals surface area contributed by atoms with Crippen LogP contribution >= 0.6 is 0 Å². The number of aryl methyl sites for hydroxylation is 4. The maximum absolute atomic E-state index is 12.1. The summed E-state index contributed by atoms with van der Waals surface area (Å²) in [5.41, 5.74) is 13.9. The van der Waals surface area contributed by atoms with Crippen LogP contribution in [0.25, 0.3) is 11.6 Å². The molecule has 0 aromatic carbocycles. The predicted octanol–water partition coefficient (Wildman–Crippen LogP) is 1.59. The Hall–Kier alpha value is -6.38. The number of carbonyl (C=O) groups is 2. The topological polar surface area (TPSA) is 282 Å². The van der Waals surface area contributed by atoms with E-state index in [1.54, 1.807) is 27.9 Å². The van der Waals surface area contributed by atoms with Gasteiger partial charge in [-0.3, -0.25) is 4.79 Å². The van der Waals surface area contributed by atoms with Crippen LogP contribution in [-0.4, -0.2) is 84.8 Å². The number of nitrogens with zero attached hydrogens (tertiary/aromatic N) is 14. The normalized spacial score (nSPS) is 11.7. The van der Waals surface area contributed by atoms with E-state index in [1.165, 1.54) is 44.3 Å². The van der Waals surface area contributed by atoms with Crippen LogP contribution in [0, 0.1) is 13.8 Å².